The Kier molecular flexibility index (Phi) is 11.4. The smallest absolute Gasteiger partial charge is 0.267 e. The normalized spacial score (nSPS) is 12.7. The number of aromatic nitrogens is 5. The van der Waals surface area contributed by atoms with E-state index < -0.39 is 12.1 Å². The van der Waals surface area contributed by atoms with Crippen LogP contribution in [0.5, 0.6) is 0 Å². The van der Waals surface area contributed by atoms with Crippen molar-refractivity contribution < 1.29 is 5.11 Å². The van der Waals surface area contributed by atoms with Crippen molar-refractivity contribution in [2.45, 2.75) is 60.1 Å². The molecule has 9 nitrogen and oxygen atoms in total. The van der Waals surface area contributed by atoms with E-state index in [4.69, 9.17) is 22.3 Å². The van der Waals surface area contributed by atoms with Crippen LogP contribution >= 0.6 is 11.6 Å². The standard InChI is InChI=1S/C30H30ClN7O2.C2H6/c1-5-7-11-21(6-2)38-29(37-25-14-9-12-23(31)26(25)30(38)40)18(3)35-28-22(27(32)33-17-34-28)16-15-20-10-8-13-24(36-20)19(4)39;1-2/h5,7-14,17-19,39H,6H2,1-4H3,(H3,32,33,34,35);1-2H3/b7-5-,21-11+;. The maximum absolute atomic E-state index is 13.8. The molecular formula is C32H36ClN7O2. The van der Waals surface area contributed by atoms with Crippen LogP contribution in [0.2, 0.25) is 5.02 Å². The van der Waals surface area contributed by atoms with E-state index in [1.165, 1.54) is 6.33 Å². The Bertz CT molecular complexity index is 1730. The van der Waals surface area contributed by atoms with Gasteiger partial charge in [0, 0.05) is 5.70 Å². The Morgan fingerprint density at radius 2 is 1.88 bits per heavy atom. The van der Waals surface area contributed by atoms with Gasteiger partial charge in [-0.2, -0.15) is 0 Å². The number of nitrogens with one attached hydrogen (secondary N) is 1. The first-order valence-corrected chi connectivity index (χ1v) is 14.2. The average molecular weight is 586 g/mol. The van der Waals surface area contributed by atoms with Gasteiger partial charge in [0.05, 0.1) is 33.8 Å². The number of benzene rings is 1. The Hall–Kier alpha value is -4.52. The summed E-state index contributed by atoms with van der Waals surface area (Å²) in [5.41, 5.74) is 8.52. The topological polar surface area (TPSA) is 132 Å². The van der Waals surface area contributed by atoms with E-state index in [-0.39, 0.29) is 11.4 Å². The molecule has 0 radical (unpaired) electrons. The average Bonchev–Trinajstić information content (AvgIpc) is 2.99. The van der Waals surface area contributed by atoms with Crippen LogP contribution in [-0.4, -0.2) is 29.6 Å². The van der Waals surface area contributed by atoms with Crippen molar-refractivity contribution in [2.75, 3.05) is 11.1 Å². The van der Waals surface area contributed by atoms with Crippen molar-refractivity contribution >= 4 is 39.8 Å². The minimum absolute atomic E-state index is 0.182. The van der Waals surface area contributed by atoms with Crippen LogP contribution in [-0.2, 0) is 0 Å². The number of halogens is 1. The fraction of sp³-hybridized carbons (Fsp3) is 0.281. The third kappa shape index (κ3) is 7.21. The minimum Gasteiger partial charge on any atom is -0.387 e. The summed E-state index contributed by atoms with van der Waals surface area (Å²) in [6.07, 6.45) is 6.86. The summed E-state index contributed by atoms with van der Waals surface area (Å²) < 4.78 is 1.59. The van der Waals surface area contributed by atoms with E-state index >= 15 is 0 Å². The molecule has 0 amide bonds. The molecule has 3 heterocycles. The van der Waals surface area contributed by atoms with Crippen LogP contribution in [0.1, 0.15) is 82.9 Å². The first kappa shape index (κ1) is 32.0. The number of hydrogen-bond donors (Lipinski definition) is 3. The second kappa shape index (κ2) is 14.9. The van der Waals surface area contributed by atoms with E-state index in [9.17, 15) is 9.90 Å². The number of allylic oxidation sites excluding steroid dienone is 4. The Morgan fingerprint density at radius 3 is 2.57 bits per heavy atom. The van der Waals surface area contributed by atoms with E-state index in [1.54, 1.807) is 47.9 Å². The molecule has 0 spiro atoms. The summed E-state index contributed by atoms with van der Waals surface area (Å²) in [6.45, 7) is 11.4. The fourth-order valence-corrected chi connectivity index (χ4v) is 4.36. The van der Waals surface area contributed by atoms with Crippen molar-refractivity contribution in [3.8, 4) is 11.8 Å². The molecule has 218 valence electrons. The predicted octanol–water partition coefficient (Wildman–Crippen LogP) is 6.30. The molecule has 2 atom stereocenters. The van der Waals surface area contributed by atoms with Gasteiger partial charge in [0.15, 0.2) is 0 Å². The Labute approximate surface area is 251 Å². The molecule has 0 saturated carbocycles. The quantitative estimate of drug-likeness (QED) is 0.170. The van der Waals surface area contributed by atoms with Gasteiger partial charge < -0.3 is 16.2 Å². The maximum Gasteiger partial charge on any atom is 0.267 e. The molecule has 3 aromatic heterocycles. The largest absolute Gasteiger partial charge is 0.387 e. The van der Waals surface area contributed by atoms with E-state index in [0.717, 1.165) is 5.70 Å². The summed E-state index contributed by atoms with van der Waals surface area (Å²) in [4.78, 5) is 31.5. The van der Waals surface area contributed by atoms with Crippen LogP contribution in [0.3, 0.4) is 0 Å². The molecule has 10 heteroatoms. The van der Waals surface area contributed by atoms with E-state index in [2.05, 4.69) is 32.1 Å². The van der Waals surface area contributed by atoms with Crippen molar-refractivity contribution in [1.82, 2.24) is 24.5 Å². The first-order valence-electron chi connectivity index (χ1n) is 13.8. The number of fused-ring (bicyclic) bond motifs is 1. The van der Waals surface area contributed by atoms with Crippen molar-refractivity contribution in [2.24, 2.45) is 0 Å². The molecule has 0 aliphatic rings. The van der Waals surface area contributed by atoms with Gasteiger partial charge >= 0.3 is 0 Å². The maximum atomic E-state index is 13.8. The highest BCUT2D eigenvalue weighted by Crippen LogP contribution is 2.26. The number of hydrogen-bond acceptors (Lipinski definition) is 8. The molecule has 0 saturated heterocycles. The van der Waals surface area contributed by atoms with Crippen LogP contribution in [0.4, 0.5) is 11.6 Å². The lowest BCUT2D eigenvalue weighted by atomic mass is 10.1. The van der Waals surface area contributed by atoms with Gasteiger partial charge in [-0.15, -0.1) is 0 Å². The first-order chi connectivity index (χ1) is 20.2. The van der Waals surface area contributed by atoms with E-state index in [1.807, 2.05) is 52.8 Å². The van der Waals surface area contributed by atoms with E-state index in [0.29, 0.717) is 50.9 Å². The molecular weight excluding hydrogens is 550 g/mol. The summed E-state index contributed by atoms with van der Waals surface area (Å²) >= 11 is 6.43. The lowest BCUT2D eigenvalue weighted by Crippen LogP contribution is -2.28. The number of rotatable bonds is 7. The van der Waals surface area contributed by atoms with Gasteiger partial charge in [0.1, 0.15) is 35.0 Å². The highest BCUT2D eigenvalue weighted by Gasteiger charge is 2.21. The van der Waals surface area contributed by atoms with Crippen molar-refractivity contribution in [3.05, 3.63) is 99.1 Å². The molecule has 0 aliphatic carbocycles. The summed E-state index contributed by atoms with van der Waals surface area (Å²) in [7, 11) is 0. The number of nitrogen functional groups attached to an aromatic ring is 1. The molecule has 4 N–H and O–H groups in total. The fourth-order valence-electron chi connectivity index (χ4n) is 4.11. The van der Waals surface area contributed by atoms with Crippen LogP contribution in [0.15, 0.2) is 65.7 Å². The molecule has 0 fully saturated rings. The zero-order chi connectivity index (χ0) is 30.8. The Morgan fingerprint density at radius 1 is 1.14 bits per heavy atom. The second-order valence-electron chi connectivity index (χ2n) is 9.00. The molecule has 1 aromatic carbocycles. The van der Waals surface area contributed by atoms with Gasteiger partial charge in [-0.3, -0.25) is 9.36 Å². The highest BCUT2D eigenvalue weighted by atomic mass is 35.5. The summed E-state index contributed by atoms with van der Waals surface area (Å²) in [5, 5.41) is 13.9. The van der Waals surface area contributed by atoms with Gasteiger partial charge in [-0.1, -0.05) is 62.6 Å². The van der Waals surface area contributed by atoms with Gasteiger partial charge in [-0.25, -0.2) is 19.9 Å². The molecule has 2 unspecified atom stereocenters. The summed E-state index contributed by atoms with van der Waals surface area (Å²) in [6, 6.07) is 9.94. The third-order valence-electron chi connectivity index (χ3n) is 6.13. The van der Waals surface area contributed by atoms with Crippen LogP contribution in [0.25, 0.3) is 16.6 Å². The van der Waals surface area contributed by atoms with Crippen molar-refractivity contribution in [3.63, 3.8) is 0 Å². The molecule has 42 heavy (non-hydrogen) atoms. The number of nitrogens with zero attached hydrogens (tertiary/aromatic N) is 5. The molecule has 4 aromatic rings. The number of anilines is 2. The number of aliphatic hydroxyl groups excluding tert-OH is 1. The monoisotopic (exact) mass is 585 g/mol. The van der Waals surface area contributed by atoms with Gasteiger partial charge in [0.2, 0.25) is 0 Å². The molecule has 4 rings (SSSR count). The highest BCUT2D eigenvalue weighted by molar-refractivity contribution is 6.35. The zero-order valence-corrected chi connectivity index (χ0v) is 25.4. The van der Waals surface area contributed by atoms with Crippen LogP contribution < -0.4 is 16.6 Å². The SMILES string of the molecule is C/C=C\C=C(/CC)n1c(C(C)Nc2ncnc(N)c2C#Cc2cccc(C(C)O)n2)nc2cccc(Cl)c2c1=O.CC. The minimum atomic E-state index is -0.721. The van der Waals surface area contributed by atoms with Crippen LogP contribution in [0, 0.1) is 11.8 Å². The van der Waals surface area contributed by atoms with Gasteiger partial charge in [-0.05, 0) is 63.5 Å². The van der Waals surface area contributed by atoms with Gasteiger partial charge in [0.25, 0.3) is 5.56 Å². The Balaban J connectivity index is 0.00000237. The number of nitrogens with two attached hydrogens (primary N) is 1. The number of aliphatic hydroxyl groups is 1. The number of pyridine rings is 1. The predicted molar refractivity (Wildman–Crippen MR) is 171 cm³/mol. The summed E-state index contributed by atoms with van der Waals surface area (Å²) in [5.74, 6) is 7.02. The lowest BCUT2D eigenvalue weighted by molar-refractivity contribution is 0.194. The molecule has 0 bridgehead atoms. The lowest BCUT2D eigenvalue weighted by Gasteiger charge is -2.22. The molecule has 0 aliphatic heterocycles. The second-order valence-corrected chi connectivity index (χ2v) is 9.41. The zero-order valence-electron chi connectivity index (χ0n) is 24.7. The van der Waals surface area contributed by atoms with Crippen molar-refractivity contribution in [1.29, 1.82) is 0 Å². The third-order valence-corrected chi connectivity index (χ3v) is 6.45.